The molecule has 0 aromatic carbocycles. The van der Waals surface area contributed by atoms with E-state index < -0.39 is 5.97 Å². The predicted octanol–water partition coefficient (Wildman–Crippen LogP) is 4.23. The minimum absolute atomic E-state index is 0.0615. The highest BCUT2D eigenvalue weighted by Gasteiger charge is 2.32. The van der Waals surface area contributed by atoms with E-state index in [1.807, 2.05) is 0 Å². The number of nitrogens with two attached hydrogens (primary N) is 1. The number of hydrogen-bond acceptors (Lipinski definition) is 4. The van der Waals surface area contributed by atoms with Gasteiger partial charge >= 0.3 is 5.97 Å². The van der Waals surface area contributed by atoms with Crippen LogP contribution in [0, 0.1) is 5.92 Å². The van der Waals surface area contributed by atoms with Crippen molar-refractivity contribution in [1.29, 1.82) is 0 Å². The van der Waals surface area contributed by atoms with Gasteiger partial charge in [-0.05, 0) is 6.42 Å². The minimum Gasteiger partial charge on any atom is -0.421 e. The largest absolute Gasteiger partial charge is 0.421 e. The average molecular weight is 309 g/mol. The Morgan fingerprint density at radius 2 is 1.64 bits per heavy atom. The molecule has 0 amide bonds. The van der Waals surface area contributed by atoms with Gasteiger partial charge in [-0.25, -0.2) is 0 Å². The zero-order chi connectivity index (χ0) is 16.4. The van der Waals surface area contributed by atoms with Gasteiger partial charge in [-0.15, -0.1) is 0 Å². The Bertz CT molecular complexity index is 401. The Morgan fingerprint density at radius 3 is 2.18 bits per heavy atom. The van der Waals surface area contributed by atoms with Crippen molar-refractivity contribution >= 4 is 11.8 Å². The van der Waals surface area contributed by atoms with Crippen molar-refractivity contribution in [2.75, 3.05) is 0 Å². The molecule has 1 aliphatic rings. The highest BCUT2D eigenvalue weighted by molar-refractivity contribution is 5.98. The van der Waals surface area contributed by atoms with Crippen LogP contribution in [0.25, 0.3) is 0 Å². The molecule has 2 N–H and O–H groups in total. The van der Waals surface area contributed by atoms with Crippen molar-refractivity contribution in [3.63, 3.8) is 0 Å². The molecule has 0 aromatic rings. The number of ketones is 1. The van der Waals surface area contributed by atoms with Crippen molar-refractivity contribution in [3.8, 4) is 0 Å². The van der Waals surface area contributed by atoms with E-state index >= 15 is 0 Å². The van der Waals surface area contributed by atoms with E-state index in [1.54, 1.807) is 0 Å². The Kier molecular flexibility index (Phi) is 8.86. The molecule has 22 heavy (non-hydrogen) atoms. The van der Waals surface area contributed by atoms with E-state index in [0.29, 0.717) is 12.1 Å². The average Bonchev–Trinajstić information content (AvgIpc) is 2.73. The Morgan fingerprint density at radius 1 is 1.09 bits per heavy atom. The summed E-state index contributed by atoms with van der Waals surface area (Å²) in [6, 6.07) is 0. The Hall–Kier alpha value is -1.32. The lowest BCUT2D eigenvalue weighted by Crippen LogP contribution is -2.11. The SMILES string of the molecule is CCCCCCCCCCCC1CC(=O)C(OC(C)=O)=C1N. The zero-order valence-corrected chi connectivity index (χ0v) is 14.2. The maximum Gasteiger partial charge on any atom is 0.308 e. The quantitative estimate of drug-likeness (QED) is 0.458. The molecule has 0 saturated heterocycles. The molecular formula is C18H31NO3. The summed E-state index contributed by atoms with van der Waals surface area (Å²) in [5.41, 5.74) is 6.42. The van der Waals surface area contributed by atoms with E-state index in [1.165, 1.54) is 58.3 Å². The number of hydrogen-bond donors (Lipinski definition) is 1. The van der Waals surface area contributed by atoms with E-state index in [2.05, 4.69) is 6.92 Å². The van der Waals surface area contributed by atoms with Gasteiger partial charge < -0.3 is 10.5 Å². The Labute approximate surface area is 134 Å². The summed E-state index contributed by atoms with van der Waals surface area (Å²) in [5, 5.41) is 0. The second kappa shape index (κ2) is 10.4. The Balaban J connectivity index is 2.14. The van der Waals surface area contributed by atoms with Crippen LogP contribution in [0.3, 0.4) is 0 Å². The van der Waals surface area contributed by atoms with Crippen LogP contribution in [-0.4, -0.2) is 11.8 Å². The molecule has 0 aromatic heterocycles. The fourth-order valence-corrected chi connectivity index (χ4v) is 2.99. The van der Waals surface area contributed by atoms with Gasteiger partial charge in [-0.1, -0.05) is 64.7 Å². The van der Waals surface area contributed by atoms with Gasteiger partial charge in [0.15, 0.2) is 5.76 Å². The van der Waals surface area contributed by atoms with Gasteiger partial charge in [0, 0.05) is 19.3 Å². The van der Waals surface area contributed by atoms with Gasteiger partial charge in [-0.2, -0.15) is 0 Å². The molecule has 4 heteroatoms. The molecule has 0 saturated carbocycles. The number of ether oxygens (including phenoxy) is 1. The second-order valence-corrected chi connectivity index (χ2v) is 6.32. The molecule has 4 nitrogen and oxygen atoms in total. The van der Waals surface area contributed by atoms with Gasteiger partial charge in [0.25, 0.3) is 0 Å². The molecule has 0 fully saturated rings. The number of carbonyl (C=O) groups excluding carboxylic acids is 2. The molecule has 1 aliphatic carbocycles. The highest BCUT2D eigenvalue weighted by atomic mass is 16.5. The van der Waals surface area contributed by atoms with Gasteiger partial charge in [0.05, 0.1) is 5.70 Å². The van der Waals surface area contributed by atoms with E-state index in [0.717, 1.165) is 12.8 Å². The zero-order valence-electron chi connectivity index (χ0n) is 14.2. The number of esters is 1. The number of allylic oxidation sites excluding steroid dienone is 2. The van der Waals surface area contributed by atoms with Crippen molar-refractivity contribution in [3.05, 3.63) is 11.5 Å². The molecule has 0 spiro atoms. The second-order valence-electron chi connectivity index (χ2n) is 6.32. The van der Waals surface area contributed by atoms with Crippen LogP contribution in [-0.2, 0) is 14.3 Å². The molecule has 0 radical (unpaired) electrons. The number of carbonyl (C=O) groups is 2. The van der Waals surface area contributed by atoms with E-state index in [9.17, 15) is 9.59 Å². The summed E-state index contributed by atoms with van der Waals surface area (Å²) >= 11 is 0. The third kappa shape index (κ3) is 6.63. The van der Waals surface area contributed by atoms with Crippen LogP contribution < -0.4 is 5.73 Å². The number of rotatable bonds is 11. The minimum atomic E-state index is -0.477. The van der Waals surface area contributed by atoms with Gasteiger partial charge in [0.2, 0.25) is 5.78 Å². The first kappa shape index (κ1) is 18.7. The molecule has 126 valence electrons. The smallest absolute Gasteiger partial charge is 0.308 e. The lowest BCUT2D eigenvalue weighted by molar-refractivity contribution is -0.140. The standard InChI is InChI=1S/C18H31NO3/c1-3-4-5-6-7-8-9-10-11-12-15-13-16(21)18(17(15)19)22-14(2)20/h15H,3-13,19H2,1-2H3. The lowest BCUT2D eigenvalue weighted by Gasteiger charge is -2.10. The summed E-state index contributed by atoms with van der Waals surface area (Å²) < 4.78 is 4.92. The van der Waals surface area contributed by atoms with E-state index in [4.69, 9.17) is 10.5 Å². The molecule has 1 unspecified atom stereocenters. The summed E-state index contributed by atoms with van der Waals surface area (Å²) in [5.74, 6) is -0.455. The lowest BCUT2D eigenvalue weighted by atomic mass is 9.97. The third-order valence-electron chi connectivity index (χ3n) is 4.29. The molecule has 0 bridgehead atoms. The van der Waals surface area contributed by atoms with Crippen molar-refractivity contribution in [2.45, 2.75) is 84.5 Å². The van der Waals surface area contributed by atoms with Crippen LogP contribution >= 0.6 is 0 Å². The molecular weight excluding hydrogens is 278 g/mol. The fraction of sp³-hybridized carbons (Fsp3) is 0.778. The third-order valence-corrected chi connectivity index (χ3v) is 4.29. The molecule has 1 atom stereocenters. The maximum absolute atomic E-state index is 11.8. The van der Waals surface area contributed by atoms with Crippen molar-refractivity contribution < 1.29 is 14.3 Å². The number of unbranched alkanes of at least 4 members (excludes halogenated alkanes) is 8. The first-order valence-corrected chi connectivity index (χ1v) is 8.77. The first-order valence-electron chi connectivity index (χ1n) is 8.77. The maximum atomic E-state index is 11.8. The molecule has 0 heterocycles. The molecule has 1 rings (SSSR count). The van der Waals surface area contributed by atoms with Crippen LogP contribution in [0.2, 0.25) is 0 Å². The van der Waals surface area contributed by atoms with Crippen LogP contribution in [0.1, 0.15) is 84.5 Å². The van der Waals surface area contributed by atoms with Crippen LogP contribution in [0.4, 0.5) is 0 Å². The van der Waals surface area contributed by atoms with Crippen molar-refractivity contribution in [2.24, 2.45) is 11.7 Å². The van der Waals surface area contributed by atoms with Gasteiger partial charge in [0.1, 0.15) is 0 Å². The summed E-state index contributed by atoms with van der Waals surface area (Å²) in [6.07, 6.45) is 12.8. The van der Waals surface area contributed by atoms with Gasteiger partial charge in [-0.3, -0.25) is 9.59 Å². The fourth-order valence-electron chi connectivity index (χ4n) is 2.99. The van der Waals surface area contributed by atoms with E-state index in [-0.39, 0.29) is 17.5 Å². The first-order chi connectivity index (χ1) is 10.6. The summed E-state index contributed by atoms with van der Waals surface area (Å²) in [7, 11) is 0. The molecule has 0 aliphatic heterocycles. The van der Waals surface area contributed by atoms with Crippen LogP contribution in [0.15, 0.2) is 11.5 Å². The highest BCUT2D eigenvalue weighted by Crippen LogP contribution is 2.30. The topological polar surface area (TPSA) is 69.4 Å². The number of Topliss-reactive ketones (excluding diaryl/α,β-unsaturated/α-hetero) is 1. The normalized spacial score (nSPS) is 18.1. The predicted molar refractivity (Wildman–Crippen MR) is 87.9 cm³/mol. The summed E-state index contributed by atoms with van der Waals surface area (Å²) in [4.78, 5) is 22.7. The monoisotopic (exact) mass is 309 g/mol. The van der Waals surface area contributed by atoms with Crippen molar-refractivity contribution in [1.82, 2.24) is 0 Å². The van der Waals surface area contributed by atoms with Crippen LogP contribution in [0.5, 0.6) is 0 Å². The summed E-state index contributed by atoms with van der Waals surface area (Å²) in [6.45, 7) is 3.53.